The molecule has 0 spiro atoms. The van der Waals surface area contributed by atoms with Gasteiger partial charge in [-0.25, -0.2) is 0 Å². The maximum absolute atomic E-state index is 13.2. The number of amides is 2. The monoisotopic (exact) mass is 468 g/mol. The Bertz CT molecular complexity index is 1090. The van der Waals surface area contributed by atoms with Gasteiger partial charge in [0, 0.05) is 39.4 Å². The highest BCUT2D eigenvalue weighted by atomic mass is 32.1. The number of likely N-dealkylation sites (tertiary alicyclic amines) is 1. The molecule has 0 unspecified atom stereocenters. The summed E-state index contributed by atoms with van der Waals surface area (Å²) >= 11 is 1.04. The van der Waals surface area contributed by atoms with Crippen LogP contribution in [-0.4, -0.2) is 73.4 Å². The van der Waals surface area contributed by atoms with Crippen molar-refractivity contribution in [3.8, 4) is 5.75 Å². The molecule has 1 fully saturated rings. The second-order valence-electron chi connectivity index (χ2n) is 8.34. The van der Waals surface area contributed by atoms with Gasteiger partial charge in [0.2, 0.25) is 0 Å². The van der Waals surface area contributed by atoms with Crippen LogP contribution in [0.2, 0.25) is 0 Å². The van der Waals surface area contributed by atoms with E-state index >= 15 is 0 Å². The number of carbonyl (C=O) groups excluding carboxylic acids is 2. The normalized spacial score (nSPS) is 15.3. The van der Waals surface area contributed by atoms with Crippen LogP contribution in [0.5, 0.6) is 5.75 Å². The van der Waals surface area contributed by atoms with Gasteiger partial charge in [-0.2, -0.15) is 13.8 Å². The first-order chi connectivity index (χ1) is 16.0. The Hall–Kier alpha value is -3.27. The number of aryl methyl sites for hydroxylation is 1. The van der Waals surface area contributed by atoms with E-state index in [9.17, 15) is 9.59 Å². The maximum Gasteiger partial charge on any atom is 0.275 e. The van der Waals surface area contributed by atoms with E-state index in [1.54, 1.807) is 31.1 Å². The Morgan fingerprint density at radius 3 is 2.67 bits per heavy atom. The predicted molar refractivity (Wildman–Crippen MR) is 124 cm³/mol. The first kappa shape index (κ1) is 22.9. The summed E-state index contributed by atoms with van der Waals surface area (Å²) in [5, 5.41) is 4.30. The second kappa shape index (κ2) is 10.1. The lowest BCUT2D eigenvalue weighted by Crippen LogP contribution is -2.48. The smallest absolute Gasteiger partial charge is 0.275 e. The number of hydrogen-bond acceptors (Lipinski definition) is 7. The molecule has 0 bridgehead atoms. The summed E-state index contributed by atoms with van der Waals surface area (Å²) in [6.45, 7) is 1.25. The fourth-order valence-corrected chi connectivity index (χ4v) is 4.84. The van der Waals surface area contributed by atoms with Gasteiger partial charge in [-0.3, -0.25) is 14.3 Å². The number of aromatic nitrogens is 4. The van der Waals surface area contributed by atoms with E-state index in [0.717, 1.165) is 35.9 Å². The molecule has 1 aliphatic rings. The van der Waals surface area contributed by atoms with Crippen LogP contribution < -0.4 is 4.74 Å². The molecule has 174 valence electrons. The first-order valence-electron chi connectivity index (χ1n) is 10.9. The average molecular weight is 469 g/mol. The van der Waals surface area contributed by atoms with Gasteiger partial charge in [-0.1, -0.05) is 12.1 Å². The molecule has 10 heteroatoms. The fourth-order valence-electron chi connectivity index (χ4n) is 4.43. The van der Waals surface area contributed by atoms with Crippen molar-refractivity contribution in [3.63, 3.8) is 0 Å². The standard InChI is InChI=1S/C23H28N6O3S/c1-27-10-9-19(25-27)22(30)28(2)21(14-16-5-4-6-18(13-16)32-3)17-7-11-29(12-8-17)23(31)20-15-24-33-26-20/h4-6,9-10,13,15,17,21H,7-8,11-12,14H2,1-3H3/t21-/m1/s1. The molecule has 33 heavy (non-hydrogen) atoms. The van der Waals surface area contributed by atoms with Crippen molar-refractivity contribution < 1.29 is 14.3 Å². The molecule has 0 aliphatic carbocycles. The Labute approximate surface area is 197 Å². The van der Waals surface area contributed by atoms with Gasteiger partial charge in [-0.05, 0) is 48.9 Å². The van der Waals surface area contributed by atoms with Gasteiger partial charge in [0.05, 0.1) is 25.0 Å². The van der Waals surface area contributed by atoms with Crippen molar-refractivity contribution in [1.29, 1.82) is 0 Å². The molecule has 2 amide bonds. The molecule has 3 heterocycles. The van der Waals surface area contributed by atoms with Crippen LogP contribution in [0.1, 0.15) is 39.4 Å². The van der Waals surface area contributed by atoms with Gasteiger partial charge >= 0.3 is 0 Å². The topological polar surface area (TPSA) is 93.5 Å². The average Bonchev–Trinajstić information content (AvgIpc) is 3.54. The molecule has 0 radical (unpaired) electrons. The molecule has 1 aliphatic heterocycles. The summed E-state index contributed by atoms with van der Waals surface area (Å²) in [7, 11) is 5.30. The van der Waals surface area contributed by atoms with Gasteiger partial charge in [0.15, 0.2) is 5.69 Å². The summed E-state index contributed by atoms with van der Waals surface area (Å²) in [5.41, 5.74) is 1.93. The third-order valence-electron chi connectivity index (χ3n) is 6.28. The number of carbonyl (C=O) groups is 2. The lowest BCUT2D eigenvalue weighted by Gasteiger charge is -2.39. The van der Waals surface area contributed by atoms with Crippen LogP contribution in [0.25, 0.3) is 0 Å². The van der Waals surface area contributed by atoms with Crippen molar-refractivity contribution in [2.45, 2.75) is 25.3 Å². The number of benzene rings is 1. The lowest BCUT2D eigenvalue weighted by molar-refractivity contribution is 0.0516. The number of likely N-dealkylation sites (N-methyl/N-ethyl adjacent to an activating group) is 1. The summed E-state index contributed by atoms with van der Waals surface area (Å²) in [4.78, 5) is 29.5. The van der Waals surface area contributed by atoms with Crippen LogP contribution in [0, 0.1) is 5.92 Å². The second-order valence-corrected chi connectivity index (χ2v) is 8.89. The molecule has 2 aromatic heterocycles. The van der Waals surface area contributed by atoms with Gasteiger partial charge < -0.3 is 14.5 Å². The molecular weight excluding hydrogens is 440 g/mol. The van der Waals surface area contributed by atoms with E-state index in [0.29, 0.717) is 30.9 Å². The molecule has 1 aromatic carbocycles. The Kier molecular flexibility index (Phi) is 7.02. The van der Waals surface area contributed by atoms with Crippen LogP contribution in [0.15, 0.2) is 42.7 Å². The minimum atomic E-state index is -0.101. The third-order valence-corrected chi connectivity index (χ3v) is 6.76. The summed E-state index contributed by atoms with van der Waals surface area (Å²) in [6, 6.07) is 9.66. The predicted octanol–water partition coefficient (Wildman–Crippen LogP) is 2.52. The molecule has 1 saturated heterocycles. The van der Waals surface area contributed by atoms with E-state index in [1.165, 1.54) is 6.20 Å². The maximum atomic E-state index is 13.2. The zero-order valence-corrected chi connectivity index (χ0v) is 19.9. The number of ether oxygens (including phenoxy) is 1. The molecular formula is C23H28N6O3S. The third kappa shape index (κ3) is 5.22. The Morgan fingerprint density at radius 2 is 2.03 bits per heavy atom. The van der Waals surface area contributed by atoms with Crippen LogP contribution in [0.3, 0.4) is 0 Å². The van der Waals surface area contributed by atoms with Crippen molar-refractivity contribution in [2.75, 3.05) is 27.2 Å². The zero-order chi connectivity index (χ0) is 23.4. The van der Waals surface area contributed by atoms with Gasteiger partial charge in [-0.15, -0.1) is 0 Å². The number of nitrogens with zero attached hydrogens (tertiary/aromatic N) is 6. The number of hydrogen-bond donors (Lipinski definition) is 0. The Balaban J connectivity index is 1.52. The van der Waals surface area contributed by atoms with Gasteiger partial charge in [0.25, 0.3) is 11.8 Å². The highest BCUT2D eigenvalue weighted by Crippen LogP contribution is 2.28. The quantitative estimate of drug-likeness (QED) is 0.529. The number of piperidine rings is 1. The van der Waals surface area contributed by atoms with Crippen molar-refractivity contribution in [3.05, 3.63) is 59.7 Å². The zero-order valence-electron chi connectivity index (χ0n) is 19.0. The highest BCUT2D eigenvalue weighted by molar-refractivity contribution is 6.99. The van der Waals surface area contributed by atoms with E-state index in [-0.39, 0.29) is 23.8 Å². The highest BCUT2D eigenvalue weighted by Gasteiger charge is 2.34. The van der Waals surface area contributed by atoms with Crippen molar-refractivity contribution >= 4 is 23.5 Å². The minimum Gasteiger partial charge on any atom is -0.497 e. The van der Waals surface area contributed by atoms with Crippen molar-refractivity contribution in [1.82, 2.24) is 28.3 Å². The summed E-state index contributed by atoms with van der Waals surface area (Å²) in [5.74, 6) is 0.855. The molecule has 3 aromatic rings. The minimum absolute atomic E-state index is 0.0372. The molecule has 1 atom stereocenters. The van der Waals surface area contributed by atoms with Crippen LogP contribution in [-0.2, 0) is 13.5 Å². The molecule has 9 nitrogen and oxygen atoms in total. The SMILES string of the molecule is COc1cccc(C[C@H](C2CCN(C(=O)c3cnsn3)CC2)N(C)C(=O)c2ccn(C)n2)c1. The molecule has 0 saturated carbocycles. The van der Waals surface area contributed by atoms with E-state index in [4.69, 9.17) is 4.74 Å². The van der Waals surface area contributed by atoms with Gasteiger partial charge in [0.1, 0.15) is 11.4 Å². The summed E-state index contributed by atoms with van der Waals surface area (Å²) < 4.78 is 15.0. The van der Waals surface area contributed by atoms with E-state index in [2.05, 4.69) is 19.9 Å². The molecule has 0 N–H and O–H groups in total. The largest absolute Gasteiger partial charge is 0.497 e. The van der Waals surface area contributed by atoms with Crippen molar-refractivity contribution in [2.24, 2.45) is 13.0 Å². The number of rotatable bonds is 7. The lowest BCUT2D eigenvalue weighted by atomic mass is 9.84. The van der Waals surface area contributed by atoms with E-state index < -0.39 is 0 Å². The molecule has 4 rings (SSSR count). The first-order valence-corrected chi connectivity index (χ1v) is 11.7. The van der Waals surface area contributed by atoms with Crippen LogP contribution >= 0.6 is 11.7 Å². The number of methoxy groups -OCH3 is 1. The van der Waals surface area contributed by atoms with E-state index in [1.807, 2.05) is 35.0 Å². The van der Waals surface area contributed by atoms with Crippen LogP contribution in [0.4, 0.5) is 0 Å². The fraction of sp³-hybridized carbons (Fsp3) is 0.435. The summed E-state index contributed by atoms with van der Waals surface area (Å²) in [6.07, 6.45) is 5.59. The Morgan fingerprint density at radius 1 is 1.24 bits per heavy atom.